The van der Waals surface area contributed by atoms with Crippen LogP contribution in [0.4, 0.5) is 5.69 Å². The second-order valence-corrected chi connectivity index (χ2v) is 8.10. The van der Waals surface area contributed by atoms with Crippen molar-refractivity contribution in [2.24, 2.45) is 0 Å². The van der Waals surface area contributed by atoms with E-state index in [2.05, 4.69) is 10.0 Å². The first-order valence-electron chi connectivity index (χ1n) is 8.33. The van der Waals surface area contributed by atoms with Gasteiger partial charge in [-0.1, -0.05) is 18.2 Å². The number of rotatable bonds is 7. The summed E-state index contributed by atoms with van der Waals surface area (Å²) in [6.45, 7) is 3.93. The molecule has 0 spiro atoms. The average Bonchev–Trinajstić information content (AvgIpc) is 2.60. The first-order valence-corrected chi connectivity index (χ1v) is 9.81. The van der Waals surface area contributed by atoms with E-state index in [0.717, 1.165) is 11.3 Å². The number of hydrogen-bond donors (Lipinski definition) is 2. The summed E-state index contributed by atoms with van der Waals surface area (Å²) in [7, 11) is 0.202. The van der Waals surface area contributed by atoms with Crippen molar-refractivity contribution >= 4 is 21.6 Å². The van der Waals surface area contributed by atoms with Crippen molar-refractivity contribution in [3.8, 4) is 0 Å². The number of carbonyl (C=O) groups is 1. The molecule has 2 rings (SSSR count). The maximum atomic E-state index is 12.4. The fourth-order valence-corrected chi connectivity index (χ4v) is 3.82. The molecule has 0 aromatic heterocycles. The number of hydrogen-bond acceptors (Lipinski definition) is 4. The number of benzene rings is 2. The molecule has 0 radical (unpaired) electrons. The van der Waals surface area contributed by atoms with Crippen molar-refractivity contribution in [2.45, 2.75) is 18.7 Å². The van der Waals surface area contributed by atoms with E-state index < -0.39 is 10.0 Å². The average molecular weight is 375 g/mol. The van der Waals surface area contributed by atoms with Gasteiger partial charge in [0, 0.05) is 38.4 Å². The molecule has 0 fully saturated rings. The molecule has 0 aliphatic heterocycles. The highest BCUT2D eigenvalue weighted by Gasteiger charge is 2.16. The summed E-state index contributed by atoms with van der Waals surface area (Å²) in [5, 5.41) is 2.73. The Kier molecular flexibility index (Phi) is 6.39. The van der Waals surface area contributed by atoms with Crippen molar-refractivity contribution in [3.05, 3.63) is 59.2 Å². The van der Waals surface area contributed by atoms with Crippen LogP contribution in [0.15, 0.2) is 47.4 Å². The van der Waals surface area contributed by atoms with Crippen molar-refractivity contribution in [3.63, 3.8) is 0 Å². The maximum absolute atomic E-state index is 12.4. The lowest BCUT2D eigenvalue weighted by Gasteiger charge is -2.14. The molecular weight excluding hydrogens is 350 g/mol. The van der Waals surface area contributed by atoms with Gasteiger partial charge in [0.1, 0.15) is 0 Å². The SMILES string of the molecule is Cc1ccc(C)c(S(=O)(=O)NCCNC(=O)c2cccc(N(C)C)c2)c1. The monoisotopic (exact) mass is 375 g/mol. The molecule has 6 nitrogen and oxygen atoms in total. The summed E-state index contributed by atoms with van der Waals surface area (Å²) in [4.78, 5) is 14.4. The number of amides is 1. The topological polar surface area (TPSA) is 78.5 Å². The Hall–Kier alpha value is -2.38. The Bertz CT molecular complexity index is 893. The van der Waals surface area contributed by atoms with Gasteiger partial charge in [0.2, 0.25) is 10.0 Å². The van der Waals surface area contributed by atoms with Crippen LogP contribution >= 0.6 is 0 Å². The molecule has 0 unspecified atom stereocenters. The third-order valence-electron chi connectivity index (χ3n) is 3.96. The fraction of sp³-hybridized carbons (Fsp3) is 0.316. The molecule has 26 heavy (non-hydrogen) atoms. The van der Waals surface area contributed by atoms with Crippen LogP contribution in [-0.2, 0) is 10.0 Å². The zero-order chi connectivity index (χ0) is 19.3. The van der Waals surface area contributed by atoms with E-state index >= 15 is 0 Å². The van der Waals surface area contributed by atoms with Gasteiger partial charge in [-0.3, -0.25) is 4.79 Å². The minimum Gasteiger partial charge on any atom is -0.378 e. The summed E-state index contributed by atoms with van der Waals surface area (Å²) in [5.41, 5.74) is 3.03. The van der Waals surface area contributed by atoms with E-state index in [0.29, 0.717) is 11.1 Å². The second-order valence-electron chi connectivity index (χ2n) is 6.37. The van der Waals surface area contributed by atoms with E-state index in [1.54, 1.807) is 31.2 Å². The molecule has 0 aliphatic carbocycles. The standard InChI is InChI=1S/C19H25N3O3S/c1-14-8-9-15(2)18(12-14)26(24,25)21-11-10-20-19(23)16-6-5-7-17(13-16)22(3)4/h5-9,12-13,21H,10-11H2,1-4H3,(H,20,23). The second kappa shape index (κ2) is 8.33. The van der Waals surface area contributed by atoms with Crippen molar-refractivity contribution in [2.75, 3.05) is 32.1 Å². The van der Waals surface area contributed by atoms with E-state index in [9.17, 15) is 13.2 Å². The van der Waals surface area contributed by atoms with Crippen molar-refractivity contribution < 1.29 is 13.2 Å². The number of anilines is 1. The van der Waals surface area contributed by atoms with Gasteiger partial charge in [-0.05, 0) is 49.2 Å². The first kappa shape index (κ1) is 19.9. The van der Waals surface area contributed by atoms with Crippen molar-refractivity contribution in [1.29, 1.82) is 0 Å². The summed E-state index contributed by atoms with van der Waals surface area (Å²) in [6, 6.07) is 12.5. The van der Waals surface area contributed by atoms with Crippen LogP contribution in [0.25, 0.3) is 0 Å². The van der Waals surface area contributed by atoms with Gasteiger partial charge < -0.3 is 10.2 Å². The molecule has 0 heterocycles. The zero-order valence-electron chi connectivity index (χ0n) is 15.5. The maximum Gasteiger partial charge on any atom is 0.251 e. The molecule has 0 bridgehead atoms. The van der Waals surface area contributed by atoms with Crippen LogP contribution in [0.3, 0.4) is 0 Å². The van der Waals surface area contributed by atoms with Gasteiger partial charge in [-0.2, -0.15) is 0 Å². The van der Waals surface area contributed by atoms with Crippen LogP contribution in [0.5, 0.6) is 0 Å². The van der Waals surface area contributed by atoms with E-state index in [4.69, 9.17) is 0 Å². The predicted octanol–water partition coefficient (Wildman–Crippen LogP) is 2.08. The molecule has 1 amide bonds. The Labute approximate surface area is 155 Å². The van der Waals surface area contributed by atoms with Gasteiger partial charge >= 0.3 is 0 Å². The third kappa shape index (κ3) is 5.06. The summed E-state index contributed by atoms with van der Waals surface area (Å²) in [6.07, 6.45) is 0. The Morgan fingerprint density at radius 2 is 1.77 bits per heavy atom. The highest BCUT2D eigenvalue weighted by atomic mass is 32.2. The molecule has 0 saturated heterocycles. The molecule has 140 valence electrons. The minimum atomic E-state index is -3.60. The molecule has 0 saturated carbocycles. The molecule has 2 N–H and O–H groups in total. The quantitative estimate of drug-likeness (QED) is 0.727. The number of sulfonamides is 1. The molecule has 7 heteroatoms. The fourth-order valence-electron chi connectivity index (χ4n) is 2.46. The number of aryl methyl sites for hydroxylation is 2. The normalized spacial score (nSPS) is 11.2. The zero-order valence-corrected chi connectivity index (χ0v) is 16.4. The van der Waals surface area contributed by atoms with Crippen LogP contribution in [0.1, 0.15) is 21.5 Å². The first-order chi connectivity index (χ1) is 12.2. The largest absolute Gasteiger partial charge is 0.378 e. The number of nitrogens with one attached hydrogen (secondary N) is 2. The van der Waals surface area contributed by atoms with Gasteiger partial charge in [0.25, 0.3) is 5.91 Å². The van der Waals surface area contributed by atoms with Crippen LogP contribution in [0.2, 0.25) is 0 Å². The lowest BCUT2D eigenvalue weighted by molar-refractivity contribution is 0.0954. The van der Waals surface area contributed by atoms with E-state index in [1.165, 1.54) is 0 Å². The third-order valence-corrected chi connectivity index (χ3v) is 5.56. The Morgan fingerprint density at radius 3 is 2.46 bits per heavy atom. The number of carbonyl (C=O) groups excluding carboxylic acids is 1. The summed E-state index contributed by atoms with van der Waals surface area (Å²) < 4.78 is 27.3. The van der Waals surface area contributed by atoms with Gasteiger partial charge in [-0.15, -0.1) is 0 Å². The highest BCUT2D eigenvalue weighted by Crippen LogP contribution is 2.16. The predicted molar refractivity (Wildman–Crippen MR) is 104 cm³/mol. The van der Waals surface area contributed by atoms with E-state index in [-0.39, 0.29) is 23.9 Å². The highest BCUT2D eigenvalue weighted by molar-refractivity contribution is 7.89. The van der Waals surface area contributed by atoms with Crippen molar-refractivity contribution in [1.82, 2.24) is 10.0 Å². The Balaban J connectivity index is 1.93. The van der Waals surface area contributed by atoms with Gasteiger partial charge in [0.05, 0.1) is 4.90 Å². The minimum absolute atomic E-state index is 0.120. The van der Waals surface area contributed by atoms with Crippen LogP contribution in [-0.4, -0.2) is 41.5 Å². The van der Waals surface area contributed by atoms with Crippen LogP contribution in [0, 0.1) is 13.8 Å². The summed E-state index contributed by atoms with van der Waals surface area (Å²) in [5.74, 6) is -0.236. The lowest BCUT2D eigenvalue weighted by Crippen LogP contribution is -2.35. The molecule has 0 aliphatic rings. The van der Waals surface area contributed by atoms with Crippen LogP contribution < -0.4 is 14.9 Å². The number of nitrogens with zero attached hydrogens (tertiary/aromatic N) is 1. The van der Waals surface area contributed by atoms with Gasteiger partial charge in [0.15, 0.2) is 0 Å². The molecular formula is C19H25N3O3S. The lowest BCUT2D eigenvalue weighted by atomic mass is 10.2. The molecule has 0 atom stereocenters. The van der Waals surface area contributed by atoms with Gasteiger partial charge in [-0.25, -0.2) is 13.1 Å². The Morgan fingerprint density at radius 1 is 1.04 bits per heavy atom. The summed E-state index contributed by atoms with van der Waals surface area (Å²) >= 11 is 0. The molecule has 2 aromatic rings. The molecule has 2 aromatic carbocycles. The van der Waals surface area contributed by atoms with E-state index in [1.807, 2.05) is 44.1 Å². The smallest absolute Gasteiger partial charge is 0.251 e.